The van der Waals surface area contributed by atoms with E-state index in [2.05, 4.69) is 34.1 Å². The van der Waals surface area contributed by atoms with Gasteiger partial charge in [0.25, 0.3) is 0 Å². The van der Waals surface area contributed by atoms with E-state index in [0.29, 0.717) is 5.56 Å². The highest BCUT2D eigenvalue weighted by Gasteiger charge is 2.15. The van der Waals surface area contributed by atoms with Crippen LogP contribution in [0.5, 0.6) is 0 Å². The third-order valence-electron chi connectivity index (χ3n) is 3.49. The Labute approximate surface area is 106 Å². The number of nitrogens with zero attached hydrogens (tertiary/aromatic N) is 5. The van der Waals surface area contributed by atoms with Gasteiger partial charge in [0.15, 0.2) is 0 Å². The summed E-state index contributed by atoms with van der Waals surface area (Å²) in [6.45, 7) is 4.24. The van der Waals surface area contributed by atoms with Gasteiger partial charge in [-0.05, 0) is 19.2 Å². The fourth-order valence-corrected chi connectivity index (χ4v) is 2.31. The minimum Gasteiger partial charge on any atom is -0.368 e. The molecule has 0 spiro atoms. The molecule has 5 heteroatoms. The summed E-state index contributed by atoms with van der Waals surface area (Å²) >= 11 is 0. The van der Waals surface area contributed by atoms with Gasteiger partial charge >= 0.3 is 0 Å². The first kappa shape index (κ1) is 11.1. The number of likely N-dealkylation sites (N-methyl/N-ethyl adjacent to an activating group) is 1. The first-order valence-corrected chi connectivity index (χ1v) is 6.09. The summed E-state index contributed by atoms with van der Waals surface area (Å²) in [6.07, 6.45) is 3.62. The van der Waals surface area contributed by atoms with Gasteiger partial charge in [0.2, 0.25) is 0 Å². The van der Waals surface area contributed by atoms with E-state index in [1.165, 1.54) is 5.69 Å². The molecule has 92 valence electrons. The van der Waals surface area contributed by atoms with E-state index in [1.54, 1.807) is 10.7 Å². The molecule has 0 amide bonds. The molecule has 3 rings (SSSR count). The Balaban J connectivity index is 1.92. The van der Waals surface area contributed by atoms with E-state index in [-0.39, 0.29) is 0 Å². The van der Waals surface area contributed by atoms with Crippen molar-refractivity contribution in [2.75, 3.05) is 38.1 Å². The number of rotatable bonds is 1. The van der Waals surface area contributed by atoms with Gasteiger partial charge in [-0.2, -0.15) is 10.4 Å². The summed E-state index contributed by atoms with van der Waals surface area (Å²) < 4.78 is 1.78. The molecule has 2 aromatic heterocycles. The molecule has 0 atom stereocenters. The molecule has 0 aliphatic carbocycles. The Morgan fingerprint density at radius 3 is 2.72 bits per heavy atom. The fraction of sp³-hybridized carbons (Fsp3) is 0.385. The van der Waals surface area contributed by atoms with E-state index in [4.69, 9.17) is 5.26 Å². The summed E-state index contributed by atoms with van der Waals surface area (Å²) in [5, 5.41) is 13.2. The Morgan fingerprint density at radius 2 is 2.00 bits per heavy atom. The number of hydrogen-bond donors (Lipinski definition) is 0. The van der Waals surface area contributed by atoms with Crippen LogP contribution in [0.4, 0.5) is 5.69 Å². The number of aromatic nitrogens is 2. The summed E-state index contributed by atoms with van der Waals surface area (Å²) in [5.74, 6) is 0. The molecule has 0 bridgehead atoms. The number of piperazine rings is 1. The lowest BCUT2D eigenvalue weighted by molar-refractivity contribution is 0.312. The highest BCUT2D eigenvalue weighted by molar-refractivity contribution is 5.63. The average molecular weight is 241 g/mol. The van der Waals surface area contributed by atoms with Crippen molar-refractivity contribution in [3.8, 4) is 6.07 Å². The minimum atomic E-state index is 0.625. The van der Waals surface area contributed by atoms with Crippen molar-refractivity contribution in [1.82, 2.24) is 14.5 Å². The molecular weight excluding hydrogens is 226 g/mol. The van der Waals surface area contributed by atoms with Crippen LogP contribution in [0.1, 0.15) is 5.56 Å². The quantitative estimate of drug-likeness (QED) is 0.746. The monoisotopic (exact) mass is 241 g/mol. The highest BCUT2D eigenvalue weighted by atomic mass is 15.3. The van der Waals surface area contributed by atoms with E-state index >= 15 is 0 Å². The maximum Gasteiger partial charge on any atom is 0.103 e. The number of hydrogen-bond acceptors (Lipinski definition) is 4. The summed E-state index contributed by atoms with van der Waals surface area (Å²) in [7, 11) is 2.15. The molecule has 1 aliphatic rings. The van der Waals surface area contributed by atoms with E-state index in [9.17, 15) is 0 Å². The van der Waals surface area contributed by atoms with Crippen LogP contribution in [0.25, 0.3) is 5.52 Å². The van der Waals surface area contributed by atoms with E-state index < -0.39 is 0 Å². The second kappa shape index (κ2) is 4.31. The lowest BCUT2D eigenvalue weighted by atomic mass is 10.2. The summed E-state index contributed by atoms with van der Waals surface area (Å²) in [6, 6.07) is 6.20. The van der Waals surface area contributed by atoms with Gasteiger partial charge in [-0.25, -0.2) is 4.52 Å². The Morgan fingerprint density at radius 1 is 1.22 bits per heavy atom. The first-order chi connectivity index (χ1) is 8.78. The molecule has 2 aromatic rings. The van der Waals surface area contributed by atoms with Gasteiger partial charge in [0.1, 0.15) is 6.07 Å². The van der Waals surface area contributed by atoms with Crippen molar-refractivity contribution < 1.29 is 0 Å². The Bertz CT molecular complexity index is 601. The van der Waals surface area contributed by atoms with Crippen LogP contribution in [0.15, 0.2) is 24.5 Å². The predicted octanol–water partition coefficient (Wildman–Crippen LogP) is 0.958. The molecule has 1 fully saturated rings. The van der Waals surface area contributed by atoms with Crippen LogP contribution < -0.4 is 4.90 Å². The molecule has 0 N–H and O–H groups in total. The lowest BCUT2D eigenvalue weighted by Crippen LogP contribution is -2.44. The van der Waals surface area contributed by atoms with Crippen molar-refractivity contribution in [3.05, 3.63) is 30.1 Å². The number of fused-ring (bicyclic) bond motifs is 1. The van der Waals surface area contributed by atoms with Gasteiger partial charge in [-0.1, -0.05) is 0 Å². The van der Waals surface area contributed by atoms with Gasteiger partial charge in [-0.15, -0.1) is 0 Å². The van der Waals surface area contributed by atoms with Crippen LogP contribution in [0.3, 0.4) is 0 Å². The number of pyridine rings is 1. The smallest absolute Gasteiger partial charge is 0.103 e. The molecule has 0 radical (unpaired) electrons. The van der Waals surface area contributed by atoms with Gasteiger partial charge in [-0.3, -0.25) is 0 Å². The molecule has 0 unspecified atom stereocenters. The van der Waals surface area contributed by atoms with Crippen LogP contribution in [-0.4, -0.2) is 47.7 Å². The first-order valence-electron chi connectivity index (χ1n) is 6.09. The minimum absolute atomic E-state index is 0.625. The van der Waals surface area contributed by atoms with Crippen LogP contribution in [0, 0.1) is 11.3 Å². The largest absolute Gasteiger partial charge is 0.368 e. The van der Waals surface area contributed by atoms with Crippen molar-refractivity contribution in [1.29, 1.82) is 5.26 Å². The third kappa shape index (κ3) is 1.81. The highest BCUT2D eigenvalue weighted by Crippen LogP contribution is 2.18. The zero-order valence-corrected chi connectivity index (χ0v) is 10.4. The van der Waals surface area contributed by atoms with Gasteiger partial charge < -0.3 is 9.80 Å². The fourth-order valence-electron chi connectivity index (χ4n) is 2.31. The number of nitriles is 1. The van der Waals surface area contributed by atoms with Crippen molar-refractivity contribution in [2.45, 2.75) is 0 Å². The summed E-state index contributed by atoms with van der Waals surface area (Å²) in [4.78, 5) is 4.68. The van der Waals surface area contributed by atoms with Crippen molar-refractivity contribution in [3.63, 3.8) is 0 Å². The van der Waals surface area contributed by atoms with E-state index in [1.807, 2.05) is 12.3 Å². The van der Waals surface area contributed by atoms with Crippen molar-refractivity contribution >= 4 is 11.2 Å². The Hall–Kier alpha value is -2.06. The molecule has 0 saturated carbocycles. The normalized spacial score (nSPS) is 17.0. The van der Waals surface area contributed by atoms with Crippen molar-refractivity contribution in [2.24, 2.45) is 0 Å². The SMILES string of the molecule is CN1CCN(c2ccc3c(C#N)cnn3c2)CC1. The maximum absolute atomic E-state index is 8.95. The molecule has 3 heterocycles. The zero-order chi connectivity index (χ0) is 12.5. The topological polar surface area (TPSA) is 47.6 Å². The van der Waals surface area contributed by atoms with E-state index in [0.717, 1.165) is 31.7 Å². The molecule has 0 aromatic carbocycles. The Kier molecular flexibility index (Phi) is 2.65. The average Bonchev–Trinajstić information content (AvgIpc) is 2.81. The predicted molar refractivity (Wildman–Crippen MR) is 69.6 cm³/mol. The maximum atomic E-state index is 8.95. The second-order valence-electron chi connectivity index (χ2n) is 4.68. The van der Waals surface area contributed by atoms with Crippen LogP contribution >= 0.6 is 0 Å². The molecule has 1 aliphatic heterocycles. The molecular formula is C13H15N5. The summed E-state index contributed by atoms with van der Waals surface area (Å²) in [5.41, 5.74) is 2.67. The molecule has 5 nitrogen and oxygen atoms in total. The lowest BCUT2D eigenvalue weighted by Gasteiger charge is -2.33. The van der Waals surface area contributed by atoms with Crippen LogP contribution in [-0.2, 0) is 0 Å². The van der Waals surface area contributed by atoms with Gasteiger partial charge in [0, 0.05) is 26.2 Å². The standard InChI is InChI=1S/C13H15N5/c1-16-4-6-17(7-5-16)12-2-3-13-11(8-14)9-15-18(13)10-12/h2-3,9-10H,4-7H2,1H3. The zero-order valence-electron chi connectivity index (χ0n) is 10.4. The molecule has 1 saturated heterocycles. The third-order valence-corrected chi connectivity index (χ3v) is 3.49. The van der Waals surface area contributed by atoms with Crippen LogP contribution in [0.2, 0.25) is 0 Å². The second-order valence-corrected chi connectivity index (χ2v) is 4.68. The number of anilines is 1. The molecule has 18 heavy (non-hydrogen) atoms. The van der Waals surface area contributed by atoms with Gasteiger partial charge in [0.05, 0.1) is 29.2 Å².